The number of thiophene rings is 1. The molecular formula is C21H16ClNO3S. The van der Waals surface area contributed by atoms with Gasteiger partial charge in [-0.15, -0.1) is 11.3 Å². The van der Waals surface area contributed by atoms with Crippen LogP contribution in [0.3, 0.4) is 0 Å². The number of benzene rings is 2. The van der Waals surface area contributed by atoms with E-state index in [0.717, 1.165) is 21.6 Å². The number of fused-ring (bicyclic) bond motifs is 1. The van der Waals surface area contributed by atoms with Crippen LogP contribution >= 0.6 is 22.9 Å². The Hall–Kier alpha value is -2.63. The Morgan fingerprint density at radius 2 is 1.81 bits per heavy atom. The van der Waals surface area contributed by atoms with Gasteiger partial charge in [-0.2, -0.15) is 0 Å². The second kappa shape index (κ2) is 6.83. The third-order valence-corrected chi connectivity index (χ3v) is 6.26. The van der Waals surface area contributed by atoms with E-state index in [1.54, 1.807) is 12.1 Å². The number of halogens is 1. The van der Waals surface area contributed by atoms with E-state index in [4.69, 9.17) is 11.6 Å². The topological polar surface area (TPSA) is 66.4 Å². The monoisotopic (exact) mass is 397 g/mol. The molecule has 0 spiro atoms. The molecule has 0 saturated carbocycles. The molecule has 1 aliphatic rings. The van der Waals surface area contributed by atoms with Gasteiger partial charge in [0.25, 0.3) is 0 Å². The predicted octanol–water partition coefficient (Wildman–Crippen LogP) is 5.55. The summed E-state index contributed by atoms with van der Waals surface area (Å²) in [7, 11) is 0. The molecule has 2 aromatic carbocycles. The summed E-state index contributed by atoms with van der Waals surface area (Å²) >= 11 is 7.22. The standard InChI is InChI=1S/C21H16ClNO3S/c1-11-2-4-13(5-3-11)17-18-19(27-20(17)21(25)26)15(10-16(24)23-18)12-6-8-14(22)9-7-12/h2-9,15H,10H2,1H3,(H,23,24)(H,25,26)/t15-/m1/s1. The van der Waals surface area contributed by atoms with Gasteiger partial charge in [0.15, 0.2) is 0 Å². The summed E-state index contributed by atoms with van der Waals surface area (Å²) in [6.45, 7) is 1.98. The first-order valence-electron chi connectivity index (χ1n) is 8.46. The van der Waals surface area contributed by atoms with Crippen LogP contribution in [0.1, 0.15) is 38.0 Å². The van der Waals surface area contributed by atoms with Crippen LogP contribution in [0.5, 0.6) is 0 Å². The van der Waals surface area contributed by atoms with Crippen molar-refractivity contribution in [2.24, 2.45) is 0 Å². The normalized spacial score (nSPS) is 15.9. The van der Waals surface area contributed by atoms with E-state index in [0.29, 0.717) is 16.3 Å². The Bertz CT molecular complexity index is 1040. The van der Waals surface area contributed by atoms with Crippen molar-refractivity contribution >= 4 is 40.5 Å². The average molecular weight is 398 g/mol. The summed E-state index contributed by atoms with van der Waals surface area (Å²) < 4.78 is 0. The molecular weight excluding hydrogens is 382 g/mol. The fourth-order valence-corrected chi connectivity index (χ4v) is 4.77. The molecule has 1 aliphatic heterocycles. The number of anilines is 1. The molecule has 3 aromatic rings. The Morgan fingerprint density at radius 3 is 2.44 bits per heavy atom. The van der Waals surface area contributed by atoms with Gasteiger partial charge >= 0.3 is 5.97 Å². The number of carbonyl (C=O) groups is 2. The van der Waals surface area contributed by atoms with Gasteiger partial charge in [0, 0.05) is 27.8 Å². The van der Waals surface area contributed by atoms with Crippen LogP contribution in [0.25, 0.3) is 11.1 Å². The maximum Gasteiger partial charge on any atom is 0.346 e. The molecule has 1 atom stereocenters. The highest BCUT2D eigenvalue weighted by Crippen LogP contribution is 2.49. The van der Waals surface area contributed by atoms with Crippen LogP contribution < -0.4 is 5.32 Å². The summed E-state index contributed by atoms with van der Waals surface area (Å²) in [5, 5.41) is 13.3. The molecule has 0 unspecified atom stereocenters. The number of amides is 1. The van der Waals surface area contributed by atoms with Crippen LogP contribution in [0.4, 0.5) is 5.69 Å². The van der Waals surface area contributed by atoms with E-state index in [-0.39, 0.29) is 23.1 Å². The van der Waals surface area contributed by atoms with Gasteiger partial charge in [0.05, 0.1) is 5.69 Å². The van der Waals surface area contributed by atoms with E-state index in [1.807, 2.05) is 43.3 Å². The van der Waals surface area contributed by atoms with Gasteiger partial charge in [0.1, 0.15) is 4.88 Å². The lowest BCUT2D eigenvalue weighted by Gasteiger charge is -2.24. The zero-order chi connectivity index (χ0) is 19.1. The van der Waals surface area contributed by atoms with Gasteiger partial charge in [0.2, 0.25) is 5.91 Å². The van der Waals surface area contributed by atoms with Gasteiger partial charge in [-0.1, -0.05) is 53.6 Å². The number of carboxylic acids is 1. The van der Waals surface area contributed by atoms with Crippen molar-refractivity contribution in [3.63, 3.8) is 0 Å². The lowest BCUT2D eigenvalue weighted by Crippen LogP contribution is -2.22. The fourth-order valence-electron chi connectivity index (χ4n) is 3.40. The molecule has 6 heteroatoms. The van der Waals surface area contributed by atoms with Crippen molar-refractivity contribution in [2.75, 3.05) is 5.32 Å². The van der Waals surface area contributed by atoms with Crippen LogP contribution in [0.2, 0.25) is 5.02 Å². The highest BCUT2D eigenvalue weighted by Gasteiger charge is 2.34. The van der Waals surface area contributed by atoms with E-state index < -0.39 is 5.97 Å². The second-order valence-electron chi connectivity index (χ2n) is 6.57. The maximum atomic E-state index is 12.4. The van der Waals surface area contributed by atoms with Crippen molar-refractivity contribution in [1.82, 2.24) is 0 Å². The number of hydrogen-bond donors (Lipinski definition) is 2. The maximum absolute atomic E-state index is 12.4. The van der Waals surface area contributed by atoms with Gasteiger partial charge < -0.3 is 10.4 Å². The van der Waals surface area contributed by atoms with Crippen LogP contribution in [0, 0.1) is 6.92 Å². The van der Waals surface area contributed by atoms with Gasteiger partial charge in [-0.3, -0.25) is 4.79 Å². The molecule has 136 valence electrons. The van der Waals surface area contributed by atoms with Crippen molar-refractivity contribution in [3.05, 3.63) is 74.4 Å². The minimum Gasteiger partial charge on any atom is -0.477 e. The average Bonchev–Trinajstić information content (AvgIpc) is 3.02. The Labute approximate surface area is 165 Å². The van der Waals surface area contributed by atoms with E-state index in [1.165, 1.54) is 11.3 Å². The molecule has 0 fully saturated rings. The number of aromatic carboxylic acids is 1. The third kappa shape index (κ3) is 3.24. The number of aryl methyl sites for hydroxylation is 1. The Balaban J connectivity index is 1.92. The third-order valence-electron chi connectivity index (χ3n) is 4.71. The summed E-state index contributed by atoms with van der Waals surface area (Å²) in [4.78, 5) is 25.4. The summed E-state index contributed by atoms with van der Waals surface area (Å²) in [5.41, 5.74) is 4.01. The van der Waals surface area contributed by atoms with Crippen LogP contribution in [0.15, 0.2) is 48.5 Å². The molecule has 2 N–H and O–H groups in total. The van der Waals surface area contributed by atoms with E-state index in [2.05, 4.69) is 5.32 Å². The summed E-state index contributed by atoms with van der Waals surface area (Å²) in [5.74, 6) is -1.30. The number of carboxylic acid groups (broad SMARTS) is 1. The highest BCUT2D eigenvalue weighted by atomic mass is 35.5. The number of carbonyl (C=O) groups excluding carboxylic acids is 1. The number of nitrogens with one attached hydrogen (secondary N) is 1. The molecule has 0 radical (unpaired) electrons. The smallest absolute Gasteiger partial charge is 0.346 e. The molecule has 0 aliphatic carbocycles. The van der Waals surface area contributed by atoms with E-state index >= 15 is 0 Å². The molecule has 0 saturated heterocycles. The lowest BCUT2D eigenvalue weighted by molar-refractivity contribution is -0.116. The van der Waals surface area contributed by atoms with Crippen molar-refractivity contribution in [3.8, 4) is 11.1 Å². The van der Waals surface area contributed by atoms with Crippen molar-refractivity contribution in [1.29, 1.82) is 0 Å². The summed E-state index contributed by atoms with van der Waals surface area (Å²) in [6.07, 6.45) is 0.279. The first-order chi connectivity index (χ1) is 12.9. The van der Waals surface area contributed by atoms with Crippen molar-refractivity contribution < 1.29 is 14.7 Å². The molecule has 0 bridgehead atoms. The zero-order valence-corrected chi connectivity index (χ0v) is 16.0. The van der Waals surface area contributed by atoms with Crippen molar-refractivity contribution in [2.45, 2.75) is 19.3 Å². The largest absolute Gasteiger partial charge is 0.477 e. The molecule has 27 heavy (non-hydrogen) atoms. The molecule has 4 nitrogen and oxygen atoms in total. The van der Waals surface area contributed by atoms with Crippen LogP contribution in [-0.4, -0.2) is 17.0 Å². The quantitative estimate of drug-likeness (QED) is 0.608. The Morgan fingerprint density at radius 1 is 1.15 bits per heavy atom. The van der Waals surface area contributed by atoms with Gasteiger partial charge in [-0.05, 0) is 30.2 Å². The minimum absolute atomic E-state index is 0.120. The number of hydrogen-bond acceptors (Lipinski definition) is 3. The molecule has 2 heterocycles. The first-order valence-corrected chi connectivity index (χ1v) is 9.66. The summed E-state index contributed by atoms with van der Waals surface area (Å²) in [6, 6.07) is 15.0. The fraction of sp³-hybridized carbons (Fsp3) is 0.143. The van der Waals surface area contributed by atoms with Crippen LogP contribution in [-0.2, 0) is 4.79 Å². The van der Waals surface area contributed by atoms with Gasteiger partial charge in [-0.25, -0.2) is 4.79 Å². The first kappa shape index (κ1) is 17.8. The van der Waals surface area contributed by atoms with E-state index in [9.17, 15) is 14.7 Å². The Kier molecular flexibility index (Phi) is 4.50. The highest BCUT2D eigenvalue weighted by molar-refractivity contribution is 7.15. The second-order valence-corrected chi connectivity index (χ2v) is 8.06. The minimum atomic E-state index is -0.992. The molecule has 1 aromatic heterocycles. The number of rotatable bonds is 3. The molecule has 4 rings (SSSR count). The molecule has 1 amide bonds. The lowest BCUT2D eigenvalue weighted by atomic mass is 9.88. The SMILES string of the molecule is Cc1ccc(-c2c(C(=O)O)sc3c2NC(=O)C[C@@H]3c2ccc(Cl)cc2)cc1. The predicted molar refractivity (Wildman–Crippen MR) is 108 cm³/mol. The zero-order valence-electron chi connectivity index (χ0n) is 14.5.